The smallest absolute Gasteiger partial charge is 0.284 e. The highest BCUT2D eigenvalue weighted by Crippen LogP contribution is 2.08. The van der Waals surface area contributed by atoms with Crippen molar-refractivity contribution in [1.29, 1.82) is 0 Å². The number of aromatic nitrogens is 1. The van der Waals surface area contributed by atoms with Crippen molar-refractivity contribution in [3.8, 4) is 0 Å². The van der Waals surface area contributed by atoms with Gasteiger partial charge in [0.1, 0.15) is 5.76 Å². The first kappa shape index (κ1) is 19.1. The Bertz CT molecular complexity index is 677. The van der Waals surface area contributed by atoms with E-state index in [1.54, 1.807) is 19.2 Å². The van der Waals surface area contributed by atoms with Crippen LogP contribution in [0.5, 0.6) is 0 Å². The van der Waals surface area contributed by atoms with E-state index in [9.17, 15) is 4.79 Å². The SMILES string of the molecule is CN=C(NCc1ccc(C(N)=O)o1)N(C)Cc1cccn1C.I. The fraction of sp³-hybridized carbons (Fsp3) is 0.333. The minimum absolute atomic E-state index is 0. The Labute approximate surface area is 152 Å². The molecular weight excluding hydrogens is 409 g/mol. The average Bonchev–Trinajstić information content (AvgIpc) is 3.10. The van der Waals surface area contributed by atoms with E-state index in [1.807, 2.05) is 31.3 Å². The van der Waals surface area contributed by atoms with Gasteiger partial charge in [0.25, 0.3) is 5.91 Å². The zero-order valence-electron chi connectivity index (χ0n) is 13.4. The standard InChI is InChI=1S/C15H21N5O2.HI/c1-17-15(20(3)10-11-5-4-8-19(11)2)18-9-12-6-7-13(22-12)14(16)21;/h4-8H,9-10H2,1-3H3,(H2,16,21)(H,17,18);1H. The number of guanidine groups is 1. The zero-order chi connectivity index (χ0) is 16.1. The summed E-state index contributed by atoms with van der Waals surface area (Å²) in [5, 5.41) is 3.19. The quantitative estimate of drug-likeness (QED) is 0.427. The third-order valence-electron chi connectivity index (χ3n) is 3.35. The predicted molar refractivity (Wildman–Crippen MR) is 99.7 cm³/mol. The van der Waals surface area contributed by atoms with Crippen molar-refractivity contribution in [3.63, 3.8) is 0 Å². The van der Waals surface area contributed by atoms with Gasteiger partial charge in [0.2, 0.25) is 0 Å². The van der Waals surface area contributed by atoms with E-state index in [4.69, 9.17) is 10.2 Å². The van der Waals surface area contributed by atoms with Crippen LogP contribution in [0.4, 0.5) is 0 Å². The lowest BCUT2D eigenvalue weighted by Crippen LogP contribution is -2.38. The van der Waals surface area contributed by atoms with E-state index in [0.29, 0.717) is 12.3 Å². The summed E-state index contributed by atoms with van der Waals surface area (Å²) in [5.74, 6) is 0.945. The Balaban J connectivity index is 0.00000264. The van der Waals surface area contributed by atoms with Gasteiger partial charge in [-0.3, -0.25) is 9.79 Å². The number of hydrogen-bond donors (Lipinski definition) is 2. The lowest BCUT2D eigenvalue weighted by atomic mass is 10.4. The van der Waals surface area contributed by atoms with Crippen LogP contribution in [0.15, 0.2) is 39.9 Å². The van der Waals surface area contributed by atoms with Crippen molar-refractivity contribution in [2.45, 2.75) is 13.1 Å². The van der Waals surface area contributed by atoms with Crippen molar-refractivity contribution in [1.82, 2.24) is 14.8 Å². The van der Waals surface area contributed by atoms with Crippen LogP contribution in [0, 0.1) is 0 Å². The molecule has 0 atom stereocenters. The molecule has 0 aliphatic rings. The summed E-state index contributed by atoms with van der Waals surface area (Å²) in [6, 6.07) is 7.36. The Hall–Kier alpha value is -1.97. The number of hydrogen-bond acceptors (Lipinski definition) is 3. The van der Waals surface area contributed by atoms with Gasteiger partial charge in [0.15, 0.2) is 11.7 Å². The number of nitrogens with zero attached hydrogens (tertiary/aromatic N) is 3. The molecule has 1 amide bonds. The molecule has 0 fully saturated rings. The third-order valence-corrected chi connectivity index (χ3v) is 3.35. The maximum absolute atomic E-state index is 11.0. The molecule has 3 N–H and O–H groups in total. The first-order valence-corrected chi connectivity index (χ1v) is 6.91. The van der Waals surface area contributed by atoms with E-state index in [1.165, 1.54) is 5.69 Å². The molecule has 0 bridgehead atoms. The third kappa shape index (κ3) is 5.02. The Morgan fingerprint density at radius 2 is 2.17 bits per heavy atom. The van der Waals surface area contributed by atoms with Crippen molar-refractivity contribution in [2.75, 3.05) is 14.1 Å². The van der Waals surface area contributed by atoms with E-state index in [2.05, 4.69) is 20.9 Å². The number of carbonyl (C=O) groups is 1. The summed E-state index contributed by atoms with van der Waals surface area (Å²) < 4.78 is 7.39. The molecule has 0 radical (unpaired) electrons. The second kappa shape index (κ2) is 8.61. The fourth-order valence-corrected chi connectivity index (χ4v) is 2.13. The summed E-state index contributed by atoms with van der Waals surface area (Å²) in [7, 11) is 5.69. The summed E-state index contributed by atoms with van der Waals surface area (Å²) in [6.07, 6.45) is 2.01. The molecule has 0 saturated carbocycles. The van der Waals surface area contributed by atoms with E-state index in [0.717, 1.165) is 12.5 Å². The minimum Gasteiger partial charge on any atom is -0.454 e. The number of primary amides is 1. The fourth-order valence-electron chi connectivity index (χ4n) is 2.13. The summed E-state index contributed by atoms with van der Waals surface area (Å²) in [5.41, 5.74) is 6.34. The van der Waals surface area contributed by atoms with E-state index < -0.39 is 5.91 Å². The number of halogens is 1. The van der Waals surface area contributed by atoms with Crippen LogP contribution >= 0.6 is 24.0 Å². The maximum atomic E-state index is 11.0. The first-order valence-electron chi connectivity index (χ1n) is 6.91. The van der Waals surface area contributed by atoms with Gasteiger partial charge in [-0.1, -0.05) is 0 Å². The highest BCUT2D eigenvalue weighted by atomic mass is 127. The predicted octanol–water partition coefficient (Wildman–Crippen LogP) is 1.54. The van der Waals surface area contributed by atoms with Gasteiger partial charge in [-0.15, -0.1) is 24.0 Å². The summed E-state index contributed by atoms with van der Waals surface area (Å²) in [6.45, 7) is 1.16. The number of furan rings is 1. The van der Waals surface area contributed by atoms with Crippen LogP contribution in [-0.4, -0.2) is 35.4 Å². The molecule has 0 unspecified atom stereocenters. The van der Waals surface area contributed by atoms with Crippen LogP contribution in [0.2, 0.25) is 0 Å². The van der Waals surface area contributed by atoms with Crippen LogP contribution in [-0.2, 0) is 20.1 Å². The highest BCUT2D eigenvalue weighted by molar-refractivity contribution is 14.0. The van der Waals surface area contributed by atoms with Gasteiger partial charge in [-0.05, 0) is 24.3 Å². The topological polar surface area (TPSA) is 88.8 Å². The highest BCUT2D eigenvalue weighted by Gasteiger charge is 2.10. The Morgan fingerprint density at radius 3 is 2.70 bits per heavy atom. The molecule has 0 aromatic carbocycles. The van der Waals surface area contributed by atoms with E-state index in [-0.39, 0.29) is 29.7 Å². The van der Waals surface area contributed by atoms with Gasteiger partial charge in [0, 0.05) is 33.0 Å². The van der Waals surface area contributed by atoms with Crippen molar-refractivity contribution in [2.24, 2.45) is 17.8 Å². The number of aliphatic imine (C=N–C) groups is 1. The van der Waals surface area contributed by atoms with E-state index >= 15 is 0 Å². The van der Waals surface area contributed by atoms with Gasteiger partial charge in [-0.25, -0.2) is 0 Å². The number of carbonyl (C=O) groups excluding carboxylic acids is 1. The molecule has 2 aromatic heterocycles. The molecule has 2 heterocycles. The molecule has 8 heteroatoms. The van der Waals surface area contributed by atoms with Crippen LogP contribution in [0.25, 0.3) is 0 Å². The van der Waals surface area contributed by atoms with Gasteiger partial charge in [0.05, 0.1) is 13.1 Å². The monoisotopic (exact) mass is 431 g/mol. The lowest BCUT2D eigenvalue weighted by molar-refractivity contribution is 0.0972. The molecule has 0 aliphatic carbocycles. The number of amides is 1. The summed E-state index contributed by atoms with van der Waals surface area (Å²) in [4.78, 5) is 17.3. The van der Waals surface area contributed by atoms with Gasteiger partial charge >= 0.3 is 0 Å². The number of nitrogens with one attached hydrogen (secondary N) is 1. The van der Waals surface area contributed by atoms with Gasteiger partial charge in [-0.2, -0.15) is 0 Å². The lowest BCUT2D eigenvalue weighted by Gasteiger charge is -2.22. The number of rotatable bonds is 5. The molecule has 0 aliphatic heterocycles. The second-order valence-corrected chi connectivity index (χ2v) is 5.00. The van der Waals surface area contributed by atoms with Crippen molar-refractivity contribution >= 4 is 35.8 Å². The Morgan fingerprint density at radius 1 is 1.43 bits per heavy atom. The summed E-state index contributed by atoms with van der Waals surface area (Å²) >= 11 is 0. The average molecular weight is 431 g/mol. The first-order chi connectivity index (χ1) is 10.5. The maximum Gasteiger partial charge on any atom is 0.284 e. The second-order valence-electron chi connectivity index (χ2n) is 5.00. The molecule has 23 heavy (non-hydrogen) atoms. The molecule has 2 aromatic rings. The minimum atomic E-state index is -0.573. The molecule has 0 saturated heterocycles. The van der Waals surface area contributed by atoms with Crippen molar-refractivity contribution in [3.05, 3.63) is 47.7 Å². The number of nitrogens with two attached hydrogens (primary N) is 1. The largest absolute Gasteiger partial charge is 0.454 e. The Kier molecular flexibility index (Phi) is 7.14. The molecular formula is C15H22IN5O2. The van der Waals surface area contributed by atoms with Crippen LogP contribution in [0.3, 0.4) is 0 Å². The van der Waals surface area contributed by atoms with Crippen LogP contribution in [0.1, 0.15) is 22.0 Å². The molecule has 7 nitrogen and oxygen atoms in total. The van der Waals surface area contributed by atoms with Crippen LogP contribution < -0.4 is 11.1 Å². The normalized spacial score (nSPS) is 11.0. The molecule has 2 rings (SSSR count). The van der Waals surface area contributed by atoms with Crippen molar-refractivity contribution < 1.29 is 9.21 Å². The zero-order valence-corrected chi connectivity index (χ0v) is 15.8. The number of aryl methyl sites for hydroxylation is 1. The molecule has 0 spiro atoms. The molecule has 126 valence electrons. The van der Waals surface area contributed by atoms with Gasteiger partial charge < -0.3 is 24.9 Å².